The number of carbonyl (C=O) groups is 2. The molecule has 0 fully saturated rings. The summed E-state index contributed by atoms with van der Waals surface area (Å²) in [6, 6.07) is -0.605. The highest BCUT2D eigenvalue weighted by atomic mass is 16.4. The van der Waals surface area contributed by atoms with Crippen molar-refractivity contribution in [3.05, 3.63) is 0 Å². The first kappa shape index (κ1) is 15.9. The molecule has 0 radical (unpaired) electrons. The zero-order valence-electron chi connectivity index (χ0n) is 11.3. The Hall–Kier alpha value is -1.10. The molecule has 0 saturated heterocycles. The molecule has 0 spiro atoms. The van der Waals surface area contributed by atoms with Gasteiger partial charge in [-0.1, -0.05) is 20.8 Å². The van der Waals surface area contributed by atoms with Gasteiger partial charge in [-0.05, 0) is 25.7 Å². The van der Waals surface area contributed by atoms with Crippen LogP contribution in [0.2, 0.25) is 0 Å². The fourth-order valence-corrected chi connectivity index (χ4v) is 1.29. The molecular weight excluding hydrogens is 220 g/mol. The van der Waals surface area contributed by atoms with Gasteiger partial charge in [0.2, 0.25) is 5.91 Å². The van der Waals surface area contributed by atoms with Crippen LogP contribution in [-0.4, -0.2) is 28.6 Å². The van der Waals surface area contributed by atoms with Crippen molar-refractivity contribution in [1.82, 2.24) is 5.32 Å². The van der Waals surface area contributed by atoms with Crippen LogP contribution < -0.4 is 11.1 Å². The highest BCUT2D eigenvalue weighted by molar-refractivity contribution is 5.83. The standard InChI is InChI=1S/C12H24N2O3/c1-11(2,3)9(13)10(17)14-12(4,5)7-6-8(15)16/h9H,6-7,13H2,1-5H3,(H,14,17)(H,15,16)/t9-/m1/s1. The molecule has 0 heterocycles. The smallest absolute Gasteiger partial charge is 0.303 e. The quantitative estimate of drug-likeness (QED) is 0.675. The van der Waals surface area contributed by atoms with Crippen molar-refractivity contribution in [3.8, 4) is 0 Å². The fraction of sp³-hybridized carbons (Fsp3) is 0.833. The third-order valence-corrected chi connectivity index (χ3v) is 2.64. The first-order valence-corrected chi connectivity index (χ1v) is 5.75. The molecule has 0 aliphatic heterocycles. The van der Waals surface area contributed by atoms with E-state index in [2.05, 4.69) is 5.32 Å². The van der Waals surface area contributed by atoms with Gasteiger partial charge in [0.05, 0.1) is 6.04 Å². The van der Waals surface area contributed by atoms with Gasteiger partial charge in [0, 0.05) is 12.0 Å². The van der Waals surface area contributed by atoms with E-state index in [9.17, 15) is 9.59 Å². The van der Waals surface area contributed by atoms with E-state index in [0.29, 0.717) is 6.42 Å². The number of carboxylic acids is 1. The normalized spacial score (nSPS) is 14.2. The number of nitrogens with one attached hydrogen (secondary N) is 1. The molecule has 0 aromatic heterocycles. The van der Waals surface area contributed by atoms with Crippen LogP contribution in [0.15, 0.2) is 0 Å². The molecule has 0 rings (SSSR count). The van der Waals surface area contributed by atoms with Crippen LogP contribution in [0.25, 0.3) is 0 Å². The van der Waals surface area contributed by atoms with Crippen molar-refractivity contribution < 1.29 is 14.7 Å². The maximum absolute atomic E-state index is 11.9. The summed E-state index contributed by atoms with van der Waals surface area (Å²) >= 11 is 0. The summed E-state index contributed by atoms with van der Waals surface area (Å²) < 4.78 is 0. The van der Waals surface area contributed by atoms with Crippen LogP contribution in [0.5, 0.6) is 0 Å². The van der Waals surface area contributed by atoms with Crippen LogP contribution in [-0.2, 0) is 9.59 Å². The monoisotopic (exact) mass is 244 g/mol. The molecule has 0 aliphatic carbocycles. The number of rotatable bonds is 5. The number of carbonyl (C=O) groups excluding carboxylic acids is 1. The molecule has 4 N–H and O–H groups in total. The number of hydrogen-bond donors (Lipinski definition) is 3. The number of aliphatic carboxylic acids is 1. The summed E-state index contributed by atoms with van der Waals surface area (Å²) in [6.07, 6.45) is 0.406. The third kappa shape index (κ3) is 6.26. The Bertz CT molecular complexity index is 293. The Morgan fingerprint density at radius 2 is 1.71 bits per heavy atom. The van der Waals surface area contributed by atoms with E-state index in [-0.39, 0.29) is 17.7 Å². The molecule has 1 atom stereocenters. The molecule has 0 aromatic rings. The van der Waals surface area contributed by atoms with E-state index in [4.69, 9.17) is 10.8 Å². The van der Waals surface area contributed by atoms with Crippen LogP contribution in [0.4, 0.5) is 0 Å². The number of amides is 1. The molecule has 0 unspecified atom stereocenters. The zero-order chi connectivity index (χ0) is 13.9. The van der Waals surface area contributed by atoms with Gasteiger partial charge in [0.25, 0.3) is 0 Å². The lowest BCUT2D eigenvalue weighted by molar-refractivity contribution is -0.138. The topological polar surface area (TPSA) is 92.4 Å². The van der Waals surface area contributed by atoms with Gasteiger partial charge in [0.1, 0.15) is 0 Å². The van der Waals surface area contributed by atoms with E-state index >= 15 is 0 Å². The molecule has 0 saturated carbocycles. The van der Waals surface area contributed by atoms with Gasteiger partial charge in [-0.2, -0.15) is 0 Å². The largest absolute Gasteiger partial charge is 0.481 e. The summed E-state index contributed by atoms with van der Waals surface area (Å²) in [7, 11) is 0. The van der Waals surface area contributed by atoms with E-state index in [1.165, 1.54) is 0 Å². The minimum absolute atomic E-state index is 0.0258. The van der Waals surface area contributed by atoms with Gasteiger partial charge in [-0.15, -0.1) is 0 Å². The minimum atomic E-state index is -0.868. The second-order valence-electron chi connectivity index (χ2n) is 6.11. The summed E-state index contributed by atoms with van der Waals surface area (Å²) in [4.78, 5) is 22.4. The zero-order valence-corrected chi connectivity index (χ0v) is 11.3. The average Bonchev–Trinajstić information content (AvgIpc) is 2.11. The molecule has 5 nitrogen and oxygen atoms in total. The van der Waals surface area contributed by atoms with E-state index in [1.54, 1.807) is 13.8 Å². The van der Waals surface area contributed by atoms with Gasteiger partial charge < -0.3 is 16.2 Å². The Morgan fingerprint density at radius 1 is 1.24 bits per heavy atom. The Morgan fingerprint density at radius 3 is 2.06 bits per heavy atom. The lowest BCUT2D eigenvalue weighted by Gasteiger charge is -2.31. The number of carboxylic acid groups (broad SMARTS) is 1. The van der Waals surface area contributed by atoms with Crippen LogP contribution in [0.3, 0.4) is 0 Å². The van der Waals surface area contributed by atoms with Crippen molar-refractivity contribution >= 4 is 11.9 Å². The summed E-state index contributed by atoms with van der Waals surface area (Å²) in [5.41, 5.74) is 4.96. The van der Waals surface area contributed by atoms with Crippen LogP contribution >= 0.6 is 0 Å². The van der Waals surface area contributed by atoms with E-state index in [0.717, 1.165) is 0 Å². The first-order valence-electron chi connectivity index (χ1n) is 5.75. The van der Waals surface area contributed by atoms with E-state index < -0.39 is 17.6 Å². The molecule has 17 heavy (non-hydrogen) atoms. The maximum atomic E-state index is 11.9. The fourth-order valence-electron chi connectivity index (χ4n) is 1.29. The molecule has 100 valence electrons. The van der Waals surface area contributed by atoms with Gasteiger partial charge in [-0.3, -0.25) is 9.59 Å². The summed E-state index contributed by atoms with van der Waals surface area (Å²) in [6.45, 7) is 9.26. The van der Waals surface area contributed by atoms with Crippen LogP contribution in [0, 0.1) is 5.41 Å². The van der Waals surface area contributed by atoms with Crippen molar-refractivity contribution in [1.29, 1.82) is 0 Å². The lowest BCUT2D eigenvalue weighted by atomic mass is 9.86. The highest BCUT2D eigenvalue weighted by Gasteiger charge is 2.31. The average molecular weight is 244 g/mol. The van der Waals surface area contributed by atoms with E-state index in [1.807, 2.05) is 20.8 Å². The Labute approximate surface area is 103 Å². The highest BCUT2D eigenvalue weighted by Crippen LogP contribution is 2.19. The Kier molecular flexibility index (Phi) is 5.13. The second-order valence-corrected chi connectivity index (χ2v) is 6.11. The molecule has 0 aliphatic rings. The predicted octanol–water partition coefficient (Wildman–Crippen LogP) is 1.12. The molecule has 0 bridgehead atoms. The molecular formula is C12H24N2O3. The molecule has 0 aromatic carbocycles. The SMILES string of the molecule is CC(C)(CCC(=O)O)NC(=O)[C@@H](N)C(C)(C)C. The maximum Gasteiger partial charge on any atom is 0.303 e. The van der Waals surface area contributed by atoms with Crippen LogP contribution in [0.1, 0.15) is 47.5 Å². The Balaban J connectivity index is 4.41. The molecule has 1 amide bonds. The van der Waals surface area contributed by atoms with Gasteiger partial charge in [-0.25, -0.2) is 0 Å². The van der Waals surface area contributed by atoms with Gasteiger partial charge in [0.15, 0.2) is 0 Å². The lowest BCUT2D eigenvalue weighted by Crippen LogP contribution is -2.54. The summed E-state index contributed by atoms with van der Waals surface area (Å²) in [5, 5.41) is 11.4. The predicted molar refractivity (Wildman–Crippen MR) is 66.5 cm³/mol. The third-order valence-electron chi connectivity index (χ3n) is 2.64. The number of hydrogen-bond acceptors (Lipinski definition) is 3. The first-order chi connectivity index (χ1) is 7.46. The van der Waals surface area contributed by atoms with Crippen molar-refractivity contribution in [2.24, 2.45) is 11.1 Å². The van der Waals surface area contributed by atoms with Gasteiger partial charge >= 0.3 is 5.97 Å². The number of nitrogens with two attached hydrogens (primary N) is 1. The van der Waals surface area contributed by atoms with Crippen molar-refractivity contribution in [2.75, 3.05) is 0 Å². The van der Waals surface area contributed by atoms with Crippen molar-refractivity contribution in [2.45, 2.75) is 59.0 Å². The minimum Gasteiger partial charge on any atom is -0.481 e. The summed E-state index contributed by atoms with van der Waals surface area (Å²) in [5.74, 6) is -1.11. The second kappa shape index (κ2) is 5.49. The van der Waals surface area contributed by atoms with Crippen molar-refractivity contribution in [3.63, 3.8) is 0 Å². The molecule has 5 heteroatoms.